The summed E-state index contributed by atoms with van der Waals surface area (Å²) in [5.74, 6) is 0.803. The Hall–Kier alpha value is -0.180. The second-order valence-corrected chi connectivity index (χ2v) is 5.16. The van der Waals surface area contributed by atoms with Crippen molar-refractivity contribution in [2.75, 3.05) is 12.3 Å². The molecular weight excluding hydrogens is 158 g/mol. The van der Waals surface area contributed by atoms with E-state index in [4.69, 9.17) is 0 Å². The molecule has 64 valence electrons. The summed E-state index contributed by atoms with van der Waals surface area (Å²) in [6, 6.07) is 0. The Morgan fingerprint density at radius 1 is 1.55 bits per heavy atom. The maximum atomic E-state index is 10.8. The zero-order valence-corrected chi connectivity index (χ0v) is 8.12. The topological polar surface area (TPSA) is 29.1 Å². The van der Waals surface area contributed by atoms with Crippen LogP contribution >= 0.6 is 11.8 Å². The Labute approximate surface area is 72.1 Å². The molecule has 2 nitrogen and oxygen atoms in total. The first kappa shape index (κ1) is 8.91. The van der Waals surface area contributed by atoms with Gasteiger partial charge in [-0.3, -0.25) is 4.79 Å². The molecule has 1 rings (SSSR count). The van der Waals surface area contributed by atoms with E-state index in [0.29, 0.717) is 16.4 Å². The molecule has 0 bridgehead atoms. The zero-order chi connectivity index (χ0) is 8.48. The van der Waals surface area contributed by atoms with Crippen LogP contribution in [-0.4, -0.2) is 23.5 Å². The van der Waals surface area contributed by atoms with E-state index < -0.39 is 0 Å². The van der Waals surface area contributed by atoms with Crippen molar-refractivity contribution < 1.29 is 4.79 Å². The van der Waals surface area contributed by atoms with Gasteiger partial charge in [-0.1, -0.05) is 20.8 Å². The molecule has 1 amide bonds. The van der Waals surface area contributed by atoms with Gasteiger partial charge in [-0.25, -0.2) is 0 Å². The number of hydrogen-bond acceptors (Lipinski definition) is 2. The number of hydrogen-bond donors (Lipinski definition) is 1. The third-order valence-electron chi connectivity index (χ3n) is 1.87. The van der Waals surface area contributed by atoms with Crippen LogP contribution in [0.25, 0.3) is 0 Å². The van der Waals surface area contributed by atoms with Gasteiger partial charge in [-0.2, -0.15) is 0 Å². The summed E-state index contributed by atoms with van der Waals surface area (Å²) >= 11 is 1.77. The standard InChI is InChI=1S/C8H15NOS/c1-8(2,3)6-4-9-7(10)5-11-6/h6H,4-5H2,1-3H3,(H,9,10)/t6-/m1/s1. The van der Waals surface area contributed by atoms with Crippen molar-refractivity contribution in [3.05, 3.63) is 0 Å². The normalized spacial score (nSPS) is 26.5. The lowest BCUT2D eigenvalue weighted by Gasteiger charge is -2.33. The maximum absolute atomic E-state index is 10.8. The van der Waals surface area contributed by atoms with E-state index >= 15 is 0 Å². The number of nitrogens with one attached hydrogen (secondary N) is 1. The van der Waals surface area contributed by atoms with Crippen LogP contribution in [0.5, 0.6) is 0 Å². The quantitative estimate of drug-likeness (QED) is 0.597. The van der Waals surface area contributed by atoms with Gasteiger partial charge in [0.25, 0.3) is 0 Å². The highest BCUT2D eigenvalue weighted by Crippen LogP contribution is 2.31. The molecule has 1 fully saturated rings. The molecule has 1 aliphatic heterocycles. The number of thioether (sulfide) groups is 1. The fraction of sp³-hybridized carbons (Fsp3) is 0.875. The van der Waals surface area contributed by atoms with E-state index in [1.54, 1.807) is 11.8 Å². The van der Waals surface area contributed by atoms with Crippen LogP contribution in [0.1, 0.15) is 20.8 Å². The van der Waals surface area contributed by atoms with Gasteiger partial charge in [0.05, 0.1) is 5.75 Å². The summed E-state index contributed by atoms with van der Waals surface area (Å²) in [5, 5.41) is 3.45. The average Bonchev–Trinajstić information content (AvgIpc) is 1.86. The van der Waals surface area contributed by atoms with Crippen LogP contribution in [0.3, 0.4) is 0 Å². The third-order valence-corrected chi connectivity index (χ3v) is 3.57. The van der Waals surface area contributed by atoms with Crippen molar-refractivity contribution in [3.63, 3.8) is 0 Å². The van der Waals surface area contributed by atoms with Crippen LogP contribution in [0.4, 0.5) is 0 Å². The number of carbonyl (C=O) groups is 1. The van der Waals surface area contributed by atoms with Crippen LogP contribution < -0.4 is 5.32 Å². The van der Waals surface area contributed by atoms with E-state index in [0.717, 1.165) is 6.54 Å². The van der Waals surface area contributed by atoms with E-state index in [2.05, 4.69) is 26.1 Å². The average molecular weight is 173 g/mol. The summed E-state index contributed by atoms with van der Waals surface area (Å²) in [6.07, 6.45) is 0. The van der Waals surface area contributed by atoms with Gasteiger partial charge in [-0.15, -0.1) is 11.8 Å². The summed E-state index contributed by atoms with van der Waals surface area (Å²) in [5.41, 5.74) is 0.304. The first-order chi connectivity index (χ1) is 5.00. The highest BCUT2D eigenvalue weighted by molar-refractivity contribution is 8.00. The summed E-state index contributed by atoms with van der Waals surface area (Å²) < 4.78 is 0. The fourth-order valence-electron chi connectivity index (χ4n) is 1.05. The van der Waals surface area contributed by atoms with Crippen molar-refractivity contribution in [2.45, 2.75) is 26.0 Å². The molecule has 0 saturated carbocycles. The summed E-state index contributed by atoms with van der Waals surface area (Å²) in [6.45, 7) is 7.46. The number of rotatable bonds is 0. The Morgan fingerprint density at radius 2 is 2.18 bits per heavy atom. The minimum atomic E-state index is 0.176. The minimum Gasteiger partial charge on any atom is -0.354 e. The first-order valence-corrected chi connectivity index (χ1v) is 4.93. The molecule has 1 atom stereocenters. The number of carbonyl (C=O) groups excluding carboxylic acids is 1. The molecule has 0 spiro atoms. The molecule has 1 saturated heterocycles. The van der Waals surface area contributed by atoms with Crippen LogP contribution in [0.15, 0.2) is 0 Å². The van der Waals surface area contributed by atoms with Crippen LogP contribution in [0, 0.1) is 5.41 Å². The minimum absolute atomic E-state index is 0.176. The van der Waals surface area contributed by atoms with Crippen molar-refractivity contribution in [1.29, 1.82) is 0 Å². The lowest BCUT2D eigenvalue weighted by molar-refractivity contribution is -0.118. The van der Waals surface area contributed by atoms with E-state index in [-0.39, 0.29) is 5.91 Å². The second-order valence-electron chi connectivity index (χ2n) is 3.97. The molecule has 0 aliphatic carbocycles. The lowest BCUT2D eigenvalue weighted by atomic mass is 9.91. The van der Waals surface area contributed by atoms with E-state index in [1.807, 2.05) is 0 Å². The van der Waals surface area contributed by atoms with Gasteiger partial charge in [0.2, 0.25) is 5.91 Å². The molecule has 0 aromatic carbocycles. The first-order valence-electron chi connectivity index (χ1n) is 3.88. The van der Waals surface area contributed by atoms with Gasteiger partial charge in [0.15, 0.2) is 0 Å². The van der Waals surface area contributed by atoms with Crippen LogP contribution in [0.2, 0.25) is 0 Å². The Morgan fingerprint density at radius 3 is 2.55 bits per heavy atom. The lowest BCUT2D eigenvalue weighted by Crippen LogP contribution is -2.43. The summed E-state index contributed by atoms with van der Waals surface area (Å²) in [4.78, 5) is 10.8. The third kappa shape index (κ3) is 2.40. The molecule has 0 unspecified atom stereocenters. The smallest absolute Gasteiger partial charge is 0.230 e. The molecule has 0 aromatic heterocycles. The van der Waals surface area contributed by atoms with Gasteiger partial charge >= 0.3 is 0 Å². The zero-order valence-electron chi connectivity index (χ0n) is 7.31. The van der Waals surface area contributed by atoms with Crippen molar-refractivity contribution in [3.8, 4) is 0 Å². The van der Waals surface area contributed by atoms with Gasteiger partial charge in [0.1, 0.15) is 0 Å². The van der Waals surface area contributed by atoms with Crippen molar-refractivity contribution in [2.24, 2.45) is 5.41 Å². The van der Waals surface area contributed by atoms with E-state index in [9.17, 15) is 4.79 Å². The molecule has 0 aromatic rings. The molecule has 1 heterocycles. The van der Waals surface area contributed by atoms with Crippen LogP contribution in [-0.2, 0) is 4.79 Å². The molecular formula is C8H15NOS. The fourth-order valence-corrected chi connectivity index (χ4v) is 2.20. The Kier molecular flexibility index (Phi) is 2.47. The summed E-state index contributed by atoms with van der Waals surface area (Å²) in [7, 11) is 0. The van der Waals surface area contributed by atoms with Gasteiger partial charge in [-0.05, 0) is 5.41 Å². The molecule has 1 aliphatic rings. The predicted octanol–water partition coefficient (Wildman–Crippen LogP) is 1.26. The van der Waals surface area contributed by atoms with Crippen molar-refractivity contribution in [1.82, 2.24) is 5.32 Å². The second kappa shape index (κ2) is 3.05. The predicted molar refractivity (Wildman–Crippen MR) is 48.7 cm³/mol. The molecule has 11 heavy (non-hydrogen) atoms. The SMILES string of the molecule is CC(C)(C)[C@H]1CNC(=O)CS1. The van der Waals surface area contributed by atoms with Crippen molar-refractivity contribution >= 4 is 17.7 Å². The largest absolute Gasteiger partial charge is 0.354 e. The van der Waals surface area contributed by atoms with Gasteiger partial charge < -0.3 is 5.32 Å². The molecule has 0 radical (unpaired) electrons. The monoisotopic (exact) mass is 173 g/mol. The highest BCUT2D eigenvalue weighted by atomic mass is 32.2. The molecule has 3 heteroatoms. The van der Waals surface area contributed by atoms with E-state index in [1.165, 1.54) is 0 Å². The highest BCUT2D eigenvalue weighted by Gasteiger charge is 2.28. The molecule has 1 N–H and O–H groups in total. The number of amides is 1. The van der Waals surface area contributed by atoms with Gasteiger partial charge in [0, 0.05) is 11.8 Å². The Bertz CT molecular complexity index is 152. The Balaban J connectivity index is 2.45. The maximum Gasteiger partial charge on any atom is 0.230 e.